The van der Waals surface area contributed by atoms with Gasteiger partial charge in [-0.25, -0.2) is 0 Å². The highest BCUT2D eigenvalue weighted by atomic mass is 16.6. The van der Waals surface area contributed by atoms with E-state index in [-0.39, 0.29) is 12.2 Å². The van der Waals surface area contributed by atoms with Crippen molar-refractivity contribution in [2.24, 2.45) is 5.92 Å². The first-order valence-corrected chi connectivity index (χ1v) is 5.02. The Hall–Kier alpha value is -0.570. The summed E-state index contributed by atoms with van der Waals surface area (Å²) in [6.07, 6.45) is 3.50. The van der Waals surface area contributed by atoms with Crippen molar-refractivity contribution in [1.29, 1.82) is 0 Å². The highest BCUT2D eigenvalue weighted by molar-refractivity contribution is 5.66. The van der Waals surface area contributed by atoms with Crippen molar-refractivity contribution in [1.82, 2.24) is 4.90 Å². The molecule has 1 aliphatic heterocycles. The van der Waals surface area contributed by atoms with Gasteiger partial charge in [0, 0.05) is 19.4 Å². The van der Waals surface area contributed by atoms with Gasteiger partial charge in [-0.15, -0.1) is 0 Å². The Kier molecular flexibility index (Phi) is 3.72. The molecule has 2 unspecified atom stereocenters. The predicted octanol–water partition coefficient (Wildman–Crippen LogP) is 1.63. The van der Waals surface area contributed by atoms with Crippen LogP contribution < -0.4 is 0 Å². The van der Waals surface area contributed by atoms with Gasteiger partial charge in [0.25, 0.3) is 0 Å². The van der Waals surface area contributed by atoms with Crippen LogP contribution in [0.2, 0.25) is 0 Å². The number of ether oxygens (including phenoxy) is 1. The summed E-state index contributed by atoms with van der Waals surface area (Å²) < 4.78 is 5.28. The molecule has 13 heavy (non-hydrogen) atoms. The van der Waals surface area contributed by atoms with Crippen molar-refractivity contribution in [3.05, 3.63) is 0 Å². The molecule has 0 aliphatic carbocycles. The average molecular weight is 185 g/mol. The van der Waals surface area contributed by atoms with Crippen molar-refractivity contribution in [2.45, 2.75) is 39.3 Å². The van der Waals surface area contributed by atoms with Gasteiger partial charge in [-0.1, -0.05) is 13.3 Å². The van der Waals surface area contributed by atoms with E-state index in [1.165, 1.54) is 6.92 Å². The fourth-order valence-corrected chi connectivity index (χ4v) is 2.01. The summed E-state index contributed by atoms with van der Waals surface area (Å²) >= 11 is 0. The van der Waals surface area contributed by atoms with Crippen molar-refractivity contribution in [2.75, 3.05) is 13.6 Å². The van der Waals surface area contributed by atoms with Crippen LogP contribution in [0.15, 0.2) is 0 Å². The van der Waals surface area contributed by atoms with Crippen LogP contribution in [0, 0.1) is 5.92 Å². The molecule has 0 amide bonds. The third kappa shape index (κ3) is 2.69. The molecule has 1 saturated heterocycles. The molecular weight excluding hydrogens is 166 g/mol. The molecule has 1 rings (SSSR count). The zero-order valence-electron chi connectivity index (χ0n) is 8.75. The number of hydrogen-bond donors (Lipinski definition) is 0. The van der Waals surface area contributed by atoms with E-state index in [1.54, 1.807) is 0 Å². The summed E-state index contributed by atoms with van der Waals surface area (Å²) in [7, 11) is 2.02. The van der Waals surface area contributed by atoms with E-state index >= 15 is 0 Å². The molecule has 0 N–H and O–H groups in total. The van der Waals surface area contributed by atoms with Gasteiger partial charge in [-0.3, -0.25) is 9.69 Å². The lowest BCUT2D eigenvalue weighted by molar-refractivity contribution is -0.156. The molecule has 1 fully saturated rings. The Morgan fingerprint density at radius 3 is 2.85 bits per heavy atom. The van der Waals surface area contributed by atoms with E-state index in [1.807, 2.05) is 7.05 Å². The zero-order valence-corrected chi connectivity index (χ0v) is 8.75. The van der Waals surface area contributed by atoms with Crippen LogP contribution in [0.4, 0.5) is 0 Å². The molecule has 0 aromatic heterocycles. The van der Waals surface area contributed by atoms with Crippen LogP contribution in [0.1, 0.15) is 33.1 Å². The molecule has 0 radical (unpaired) electrons. The lowest BCUT2D eigenvalue weighted by Gasteiger charge is -2.23. The van der Waals surface area contributed by atoms with Crippen LogP contribution in [0.3, 0.4) is 0 Å². The van der Waals surface area contributed by atoms with E-state index in [4.69, 9.17) is 4.74 Å². The van der Waals surface area contributed by atoms with Crippen LogP contribution in [0.5, 0.6) is 0 Å². The van der Waals surface area contributed by atoms with Gasteiger partial charge in [0.2, 0.25) is 0 Å². The van der Waals surface area contributed by atoms with Gasteiger partial charge >= 0.3 is 5.97 Å². The van der Waals surface area contributed by atoms with Crippen molar-refractivity contribution >= 4 is 5.97 Å². The number of likely N-dealkylation sites (tertiary alicyclic amines) is 1. The lowest BCUT2D eigenvalue weighted by Crippen LogP contribution is -2.33. The second kappa shape index (κ2) is 4.61. The molecule has 3 heteroatoms. The number of hydrogen-bond acceptors (Lipinski definition) is 3. The van der Waals surface area contributed by atoms with E-state index in [2.05, 4.69) is 11.8 Å². The first-order valence-electron chi connectivity index (χ1n) is 5.02. The van der Waals surface area contributed by atoms with Crippen LogP contribution in [-0.2, 0) is 9.53 Å². The summed E-state index contributed by atoms with van der Waals surface area (Å²) in [6.45, 7) is 4.70. The molecule has 0 aromatic rings. The molecule has 0 saturated carbocycles. The summed E-state index contributed by atoms with van der Waals surface area (Å²) in [5.41, 5.74) is 0. The number of carbonyl (C=O) groups is 1. The number of esters is 1. The fraction of sp³-hybridized carbons (Fsp3) is 0.900. The predicted molar refractivity (Wildman–Crippen MR) is 51.2 cm³/mol. The molecule has 1 aliphatic rings. The molecular formula is C10H19NO2. The Labute approximate surface area is 80.1 Å². The monoisotopic (exact) mass is 185 g/mol. The van der Waals surface area contributed by atoms with Crippen LogP contribution >= 0.6 is 0 Å². The maximum absolute atomic E-state index is 10.8. The molecule has 0 spiro atoms. The first kappa shape index (κ1) is 10.5. The summed E-state index contributed by atoms with van der Waals surface area (Å²) in [6, 6.07) is 0. The summed E-state index contributed by atoms with van der Waals surface area (Å²) in [5.74, 6) is 0.374. The van der Waals surface area contributed by atoms with E-state index in [0.717, 1.165) is 25.8 Å². The molecule has 1 heterocycles. The molecule has 2 atom stereocenters. The number of nitrogens with zero attached hydrogens (tertiary/aromatic N) is 1. The summed E-state index contributed by atoms with van der Waals surface area (Å²) in [4.78, 5) is 13.0. The molecule has 0 bridgehead atoms. The summed E-state index contributed by atoms with van der Waals surface area (Å²) in [5, 5.41) is 0. The maximum atomic E-state index is 10.8. The lowest BCUT2D eigenvalue weighted by atomic mass is 10.0. The van der Waals surface area contributed by atoms with Crippen molar-refractivity contribution in [3.63, 3.8) is 0 Å². The topological polar surface area (TPSA) is 29.5 Å². The maximum Gasteiger partial charge on any atom is 0.304 e. The Balaban J connectivity index is 2.49. The van der Waals surface area contributed by atoms with Crippen molar-refractivity contribution in [3.8, 4) is 0 Å². The average Bonchev–Trinajstić information content (AvgIpc) is 2.36. The highest BCUT2D eigenvalue weighted by Crippen LogP contribution is 2.27. The second-order valence-electron chi connectivity index (χ2n) is 3.82. The Morgan fingerprint density at radius 1 is 1.62 bits per heavy atom. The second-order valence-corrected chi connectivity index (χ2v) is 3.82. The number of rotatable bonds is 3. The molecule has 3 nitrogen and oxygen atoms in total. The Bertz CT molecular complexity index is 180. The van der Waals surface area contributed by atoms with Gasteiger partial charge in [0.05, 0.1) is 0 Å². The van der Waals surface area contributed by atoms with Gasteiger partial charge in [0.15, 0.2) is 6.23 Å². The number of carbonyl (C=O) groups excluding carboxylic acids is 1. The SMILES string of the molecule is CCCC1CCN(C)C1OC(C)=O. The van der Waals surface area contributed by atoms with Crippen LogP contribution in [0.25, 0.3) is 0 Å². The minimum absolute atomic E-state index is 0.0254. The minimum Gasteiger partial charge on any atom is -0.446 e. The zero-order chi connectivity index (χ0) is 9.84. The van der Waals surface area contributed by atoms with Crippen molar-refractivity contribution < 1.29 is 9.53 Å². The van der Waals surface area contributed by atoms with Crippen LogP contribution in [-0.4, -0.2) is 30.7 Å². The minimum atomic E-state index is -0.167. The first-order chi connectivity index (χ1) is 6.15. The largest absolute Gasteiger partial charge is 0.446 e. The van der Waals surface area contributed by atoms with E-state index in [0.29, 0.717) is 5.92 Å². The van der Waals surface area contributed by atoms with E-state index in [9.17, 15) is 4.79 Å². The quantitative estimate of drug-likeness (QED) is 0.626. The fourth-order valence-electron chi connectivity index (χ4n) is 2.01. The normalized spacial score (nSPS) is 29.2. The molecule has 0 aromatic carbocycles. The van der Waals surface area contributed by atoms with Gasteiger partial charge < -0.3 is 4.74 Å². The van der Waals surface area contributed by atoms with E-state index < -0.39 is 0 Å². The third-order valence-corrected chi connectivity index (χ3v) is 2.64. The standard InChI is InChI=1S/C10H19NO2/c1-4-5-9-6-7-11(3)10(9)13-8(2)12/h9-10H,4-7H2,1-3H3. The Morgan fingerprint density at radius 2 is 2.31 bits per heavy atom. The highest BCUT2D eigenvalue weighted by Gasteiger charge is 2.33. The third-order valence-electron chi connectivity index (χ3n) is 2.64. The van der Waals surface area contributed by atoms with Gasteiger partial charge in [0.1, 0.15) is 0 Å². The smallest absolute Gasteiger partial charge is 0.304 e. The molecule has 76 valence electrons. The van der Waals surface area contributed by atoms with Gasteiger partial charge in [-0.2, -0.15) is 0 Å². The van der Waals surface area contributed by atoms with Gasteiger partial charge in [-0.05, 0) is 19.9 Å².